The number of amides is 2. The van der Waals surface area contributed by atoms with Crippen LogP contribution >= 0.6 is 0 Å². The molecule has 0 fully saturated rings. The van der Waals surface area contributed by atoms with E-state index in [-0.39, 0.29) is 11.3 Å². The van der Waals surface area contributed by atoms with Gasteiger partial charge in [0.1, 0.15) is 6.04 Å². The molecular weight excluding hydrogens is 498 g/mol. The number of unbranched alkanes of at least 4 members (excludes halogenated alkanes) is 1. The van der Waals surface area contributed by atoms with Crippen molar-refractivity contribution in [2.75, 3.05) is 0 Å². The van der Waals surface area contributed by atoms with Gasteiger partial charge in [-0.15, -0.1) is 0 Å². The summed E-state index contributed by atoms with van der Waals surface area (Å²) in [6.45, 7) is 8.61. The fraction of sp³-hybridized carbons (Fsp3) is 0.333. The van der Waals surface area contributed by atoms with E-state index in [0.29, 0.717) is 19.3 Å². The van der Waals surface area contributed by atoms with E-state index in [1.54, 1.807) is 6.20 Å². The number of nitrogens with two attached hydrogens (primary N) is 1. The van der Waals surface area contributed by atoms with Gasteiger partial charge in [0.2, 0.25) is 11.8 Å². The molecule has 0 saturated heterocycles. The molecule has 0 aliphatic rings. The van der Waals surface area contributed by atoms with E-state index in [2.05, 4.69) is 61.4 Å². The van der Waals surface area contributed by atoms with Crippen molar-refractivity contribution in [3.63, 3.8) is 0 Å². The van der Waals surface area contributed by atoms with Gasteiger partial charge < -0.3 is 11.1 Å². The number of primary amides is 1. The van der Waals surface area contributed by atoms with E-state index < -0.39 is 11.9 Å². The largest absolute Gasteiger partial charge is 0.368 e. The van der Waals surface area contributed by atoms with Crippen LogP contribution in [0.4, 0.5) is 0 Å². The molecule has 0 radical (unpaired) electrons. The zero-order valence-corrected chi connectivity index (χ0v) is 23.9. The molecule has 1 atom stereocenters. The molecule has 3 N–H and O–H groups in total. The summed E-state index contributed by atoms with van der Waals surface area (Å²) in [5.41, 5.74) is 12.9. The van der Waals surface area contributed by atoms with E-state index in [1.165, 1.54) is 5.56 Å². The molecule has 0 bridgehead atoms. The molecule has 0 aliphatic carbocycles. The molecular formula is C33H39N5O2. The fourth-order valence-corrected chi connectivity index (χ4v) is 4.62. The third kappa shape index (κ3) is 7.65. The van der Waals surface area contributed by atoms with E-state index in [0.717, 1.165) is 46.6 Å². The topological polar surface area (TPSA) is 103 Å². The second kappa shape index (κ2) is 12.7. The molecule has 1 unspecified atom stereocenters. The molecule has 2 aromatic carbocycles. The average molecular weight is 538 g/mol. The van der Waals surface area contributed by atoms with Crippen LogP contribution in [0.15, 0.2) is 79.1 Å². The van der Waals surface area contributed by atoms with Crippen molar-refractivity contribution in [3.05, 3.63) is 102 Å². The number of aryl methyl sites for hydroxylation is 2. The minimum absolute atomic E-state index is 0.0700. The lowest BCUT2D eigenvalue weighted by Crippen LogP contribution is -2.45. The Hall–Kier alpha value is -4.26. The van der Waals surface area contributed by atoms with Crippen LogP contribution in [0.1, 0.15) is 62.4 Å². The standard InChI is InChI=1S/C33H39N5O2/c1-23-11-13-24(14-12-23)20-30(32(34)40)36-31(39)10-6-5-9-28-21-29(25-8-7-19-35-22-25)37-38(28)27-17-15-26(16-18-27)33(2,3)4/h7-8,11-19,21-22,30H,5-6,9-10,20H2,1-4H3,(H2,34,40)(H,36,39). The van der Waals surface area contributed by atoms with E-state index in [9.17, 15) is 9.59 Å². The van der Waals surface area contributed by atoms with Crippen molar-refractivity contribution in [1.29, 1.82) is 0 Å². The average Bonchev–Trinajstić information content (AvgIpc) is 3.36. The second-order valence-corrected chi connectivity index (χ2v) is 11.4. The molecule has 7 nitrogen and oxygen atoms in total. The highest BCUT2D eigenvalue weighted by Gasteiger charge is 2.19. The van der Waals surface area contributed by atoms with Crippen LogP contribution in [0.25, 0.3) is 16.9 Å². The van der Waals surface area contributed by atoms with Crippen molar-refractivity contribution in [3.8, 4) is 16.9 Å². The number of carbonyl (C=O) groups is 2. The first-order chi connectivity index (χ1) is 19.1. The van der Waals surface area contributed by atoms with Gasteiger partial charge in [-0.1, -0.05) is 62.7 Å². The summed E-state index contributed by atoms with van der Waals surface area (Å²) >= 11 is 0. The van der Waals surface area contributed by atoms with Crippen molar-refractivity contribution in [2.45, 2.75) is 71.3 Å². The minimum atomic E-state index is -0.727. The third-order valence-corrected chi connectivity index (χ3v) is 7.04. The van der Waals surface area contributed by atoms with Crippen LogP contribution in [0.5, 0.6) is 0 Å². The number of nitrogens with zero attached hydrogens (tertiary/aromatic N) is 3. The van der Waals surface area contributed by atoms with Gasteiger partial charge in [-0.05, 0) is 73.1 Å². The molecule has 40 heavy (non-hydrogen) atoms. The number of aromatic nitrogens is 3. The van der Waals surface area contributed by atoms with Gasteiger partial charge in [0.05, 0.1) is 11.4 Å². The third-order valence-electron chi connectivity index (χ3n) is 7.04. The van der Waals surface area contributed by atoms with Crippen LogP contribution in [0.2, 0.25) is 0 Å². The first-order valence-corrected chi connectivity index (χ1v) is 13.8. The Bertz CT molecular complexity index is 1420. The van der Waals surface area contributed by atoms with Crippen molar-refractivity contribution >= 4 is 11.8 Å². The summed E-state index contributed by atoms with van der Waals surface area (Å²) in [4.78, 5) is 28.9. The smallest absolute Gasteiger partial charge is 0.240 e. The van der Waals surface area contributed by atoms with Crippen molar-refractivity contribution in [1.82, 2.24) is 20.1 Å². The quantitative estimate of drug-likeness (QED) is 0.248. The summed E-state index contributed by atoms with van der Waals surface area (Å²) in [5.74, 6) is -0.698. The van der Waals surface area contributed by atoms with Gasteiger partial charge in [0.25, 0.3) is 0 Å². The molecule has 0 saturated carbocycles. The molecule has 2 heterocycles. The predicted molar refractivity (Wildman–Crippen MR) is 159 cm³/mol. The number of pyridine rings is 1. The van der Waals surface area contributed by atoms with Crippen molar-refractivity contribution in [2.24, 2.45) is 5.73 Å². The molecule has 4 rings (SSSR count). The Balaban J connectivity index is 1.40. The summed E-state index contributed by atoms with van der Waals surface area (Å²) in [6, 6.07) is 21.7. The first-order valence-electron chi connectivity index (χ1n) is 13.8. The number of benzene rings is 2. The predicted octanol–water partition coefficient (Wildman–Crippen LogP) is 5.47. The molecule has 2 aromatic heterocycles. The van der Waals surface area contributed by atoms with Crippen LogP contribution in [0, 0.1) is 6.92 Å². The monoisotopic (exact) mass is 537 g/mol. The number of carbonyl (C=O) groups excluding carboxylic acids is 2. The maximum atomic E-state index is 12.7. The Morgan fingerprint density at radius 1 is 1.00 bits per heavy atom. The van der Waals surface area contributed by atoms with Crippen molar-refractivity contribution < 1.29 is 9.59 Å². The number of nitrogens with one attached hydrogen (secondary N) is 1. The maximum Gasteiger partial charge on any atom is 0.240 e. The number of rotatable bonds is 11. The lowest BCUT2D eigenvalue weighted by molar-refractivity contribution is -0.127. The van der Waals surface area contributed by atoms with Crippen LogP contribution < -0.4 is 11.1 Å². The normalized spacial score (nSPS) is 12.2. The molecule has 208 valence electrons. The van der Waals surface area contributed by atoms with Gasteiger partial charge in [0, 0.05) is 36.5 Å². The molecule has 4 aromatic rings. The van der Waals surface area contributed by atoms with E-state index in [4.69, 9.17) is 10.8 Å². The summed E-state index contributed by atoms with van der Waals surface area (Å²) in [6.07, 6.45) is 6.50. The summed E-state index contributed by atoms with van der Waals surface area (Å²) < 4.78 is 1.99. The van der Waals surface area contributed by atoms with Gasteiger partial charge in [-0.3, -0.25) is 14.6 Å². The SMILES string of the molecule is Cc1ccc(CC(NC(=O)CCCCc2cc(-c3cccnc3)nn2-c2ccc(C(C)(C)C)cc2)C(N)=O)cc1. The Morgan fingerprint density at radius 2 is 1.73 bits per heavy atom. The minimum Gasteiger partial charge on any atom is -0.368 e. The molecule has 0 aliphatic heterocycles. The van der Waals surface area contributed by atoms with Gasteiger partial charge in [-0.25, -0.2) is 4.68 Å². The first kappa shape index (κ1) is 28.7. The Labute approximate surface area is 236 Å². The summed E-state index contributed by atoms with van der Waals surface area (Å²) in [5, 5.41) is 7.73. The van der Waals surface area contributed by atoms with Gasteiger partial charge >= 0.3 is 0 Å². The zero-order chi connectivity index (χ0) is 28.7. The highest BCUT2D eigenvalue weighted by Crippen LogP contribution is 2.26. The Kier molecular flexibility index (Phi) is 9.15. The highest BCUT2D eigenvalue weighted by atomic mass is 16.2. The number of hydrogen-bond donors (Lipinski definition) is 2. The zero-order valence-electron chi connectivity index (χ0n) is 23.9. The van der Waals surface area contributed by atoms with Crippen LogP contribution in [-0.4, -0.2) is 32.6 Å². The second-order valence-electron chi connectivity index (χ2n) is 11.4. The molecule has 0 spiro atoms. The summed E-state index contributed by atoms with van der Waals surface area (Å²) in [7, 11) is 0. The lowest BCUT2D eigenvalue weighted by Gasteiger charge is -2.19. The highest BCUT2D eigenvalue weighted by molar-refractivity contribution is 5.86. The Morgan fingerprint density at radius 3 is 2.35 bits per heavy atom. The van der Waals surface area contributed by atoms with Crippen LogP contribution in [0.3, 0.4) is 0 Å². The maximum absolute atomic E-state index is 12.7. The van der Waals surface area contributed by atoms with Gasteiger partial charge in [-0.2, -0.15) is 5.10 Å². The van der Waals surface area contributed by atoms with E-state index >= 15 is 0 Å². The molecule has 2 amide bonds. The fourth-order valence-electron chi connectivity index (χ4n) is 4.62. The van der Waals surface area contributed by atoms with Crippen LogP contribution in [-0.2, 0) is 27.8 Å². The molecule has 7 heteroatoms. The number of hydrogen-bond acceptors (Lipinski definition) is 4. The van der Waals surface area contributed by atoms with E-state index in [1.807, 2.05) is 54.2 Å². The lowest BCUT2D eigenvalue weighted by atomic mass is 9.87. The van der Waals surface area contributed by atoms with Gasteiger partial charge in [0.15, 0.2) is 0 Å².